The topological polar surface area (TPSA) is 27.1 Å². The van der Waals surface area contributed by atoms with E-state index >= 15 is 0 Å². The van der Waals surface area contributed by atoms with Crippen molar-refractivity contribution in [3.05, 3.63) is 31.4 Å². The Morgan fingerprint density at radius 1 is 1.28 bits per heavy atom. The fourth-order valence-electron chi connectivity index (χ4n) is 0.748. The largest absolute Gasteiger partial charge is 0.673 e. The van der Waals surface area contributed by atoms with Crippen LogP contribution < -0.4 is 0 Å². The third kappa shape index (κ3) is 24.1. The molecule has 0 atom stereocenters. The smallest absolute Gasteiger partial charge is 0.418 e. The number of rotatable bonds is 4. The van der Waals surface area contributed by atoms with E-state index in [0.29, 0.717) is 0 Å². The van der Waals surface area contributed by atoms with Gasteiger partial charge < -0.3 is 26.6 Å². The molecule has 0 bridgehead atoms. The van der Waals surface area contributed by atoms with Crippen molar-refractivity contribution in [2.45, 2.75) is 20.4 Å². The molecular formula is C10H18BF4N2O-. The lowest BCUT2D eigenvalue weighted by Crippen LogP contribution is -2.02. The Morgan fingerprint density at radius 2 is 1.78 bits per heavy atom. The Kier molecular flexibility index (Phi) is 12.9. The highest BCUT2D eigenvalue weighted by molar-refractivity contribution is 6.50. The lowest BCUT2D eigenvalue weighted by atomic mass is 10.3. The number of aromatic nitrogens is 2. The van der Waals surface area contributed by atoms with Gasteiger partial charge in [-0.3, -0.25) is 0 Å². The second kappa shape index (κ2) is 12.2. The molecule has 8 heteroatoms. The molecule has 0 aromatic carbocycles. The first kappa shape index (κ1) is 19.0. The predicted molar refractivity (Wildman–Crippen MR) is 64.8 cm³/mol. The first-order valence-corrected chi connectivity index (χ1v) is 5.36. The van der Waals surface area contributed by atoms with E-state index in [1.54, 1.807) is 12.5 Å². The molecular weight excluding hydrogens is 251 g/mol. The van der Waals surface area contributed by atoms with Crippen LogP contribution in [0.5, 0.6) is 0 Å². The van der Waals surface area contributed by atoms with E-state index in [4.69, 9.17) is 4.74 Å². The van der Waals surface area contributed by atoms with Gasteiger partial charge in [0.15, 0.2) is 0 Å². The van der Waals surface area contributed by atoms with Crippen LogP contribution in [-0.4, -0.2) is 30.0 Å². The van der Waals surface area contributed by atoms with Crippen LogP contribution in [0.25, 0.3) is 0 Å². The number of nitrogens with zero attached hydrogens (tertiary/aromatic N) is 2. The van der Waals surface area contributed by atoms with E-state index in [1.807, 2.05) is 30.7 Å². The molecule has 0 amide bonds. The lowest BCUT2D eigenvalue weighted by Gasteiger charge is -1.94. The first-order valence-electron chi connectivity index (χ1n) is 5.36. The normalized spacial score (nSPS) is 9.67. The molecule has 1 heterocycles. The van der Waals surface area contributed by atoms with Gasteiger partial charge in [-0.1, -0.05) is 6.08 Å². The highest BCUT2D eigenvalue weighted by atomic mass is 19.5. The van der Waals surface area contributed by atoms with Crippen LogP contribution in [0.4, 0.5) is 17.3 Å². The summed E-state index contributed by atoms with van der Waals surface area (Å²) in [5.41, 5.74) is 0. The number of ether oxygens (including phenoxy) is 1. The van der Waals surface area contributed by atoms with Crippen molar-refractivity contribution in [1.82, 2.24) is 9.55 Å². The third-order valence-corrected chi connectivity index (χ3v) is 1.31. The van der Waals surface area contributed by atoms with Crippen LogP contribution in [0, 0.1) is 0 Å². The number of imidazole rings is 1. The summed E-state index contributed by atoms with van der Waals surface area (Å²) >= 11 is 0. The summed E-state index contributed by atoms with van der Waals surface area (Å²) in [7, 11) is -6.00. The minimum absolute atomic E-state index is 0.844. The maximum atomic E-state index is 9.75. The van der Waals surface area contributed by atoms with Gasteiger partial charge in [0, 0.05) is 32.2 Å². The van der Waals surface area contributed by atoms with Gasteiger partial charge in [0.05, 0.1) is 6.33 Å². The van der Waals surface area contributed by atoms with E-state index < -0.39 is 7.25 Å². The lowest BCUT2D eigenvalue weighted by molar-refractivity contribution is 0.162. The second-order valence-electron chi connectivity index (χ2n) is 2.82. The zero-order valence-corrected chi connectivity index (χ0v) is 10.5. The van der Waals surface area contributed by atoms with E-state index in [9.17, 15) is 17.3 Å². The molecule has 0 radical (unpaired) electrons. The van der Waals surface area contributed by atoms with Crippen molar-refractivity contribution in [3.63, 3.8) is 0 Å². The average Bonchev–Trinajstić information content (AvgIpc) is 2.71. The minimum Gasteiger partial charge on any atom is -0.418 e. The fourth-order valence-corrected chi connectivity index (χ4v) is 0.748. The summed E-state index contributed by atoms with van der Waals surface area (Å²) in [6, 6.07) is 0. The van der Waals surface area contributed by atoms with Gasteiger partial charge in [0.1, 0.15) is 0 Å². The molecule has 0 saturated carbocycles. The Bertz CT molecular complexity index is 270. The molecule has 0 aliphatic heterocycles. The molecule has 106 valence electrons. The molecule has 0 fully saturated rings. The van der Waals surface area contributed by atoms with Gasteiger partial charge in [0.2, 0.25) is 0 Å². The highest BCUT2D eigenvalue weighted by Crippen LogP contribution is 2.06. The fraction of sp³-hybridized carbons (Fsp3) is 0.500. The SMILES string of the molecule is C=CCn1ccnc1.CCOCC.F[B-](F)(F)F. The van der Waals surface area contributed by atoms with Gasteiger partial charge in [-0.05, 0) is 13.8 Å². The number of halogens is 4. The van der Waals surface area contributed by atoms with Crippen LogP contribution in [0.2, 0.25) is 0 Å². The van der Waals surface area contributed by atoms with Crippen molar-refractivity contribution >= 4 is 7.25 Å². The van der Waals surface area contributed by atoms with Crippen molar-refractivity contribution < 1.29 is 22.0 Å². The van der Waals surface area contributed by atoms with E-state index in [-0.39, 0.29) is 0 Å². The zero-order valence-electron chi connectivity index (χ0n) is 10.5. The minimum atomic E-state index is -6.00. The Labute approximate surface area is 105 Å². The van der Waals surface area contributed by atoms with Crippen LogP contribution in [0.1, 0.15) is 13.8 Å². The van der Waals surface area contributed by atoms with Crippen LogP contribution >= 0.6 is 0 Å². The van der Waals surface area contributed by atoms with E-state index in [2.05, 4.69) is 11.6 Å². The van der Waals surface area contributed by atoms with Gasteiger partial charge in [-0.25, -0.2) is 4.98 Å². The van der Waals surface area contributed by atoms with E-state index in [1.165, 1.54) is 0 Å². The van der Waals surface area contributed by atoms with Crippen LogP contribution in [0.3, 0.4) is 0 Å². The molecule has 0 N–H and O–H groups in total. The number of hydrogen-bond donors (Lipinski definition) is 0. The Hall–Kier alpha value is -1.31. The molecule has 18 heavy (non-hydrogen) atoms. The van der Waals surface area contributed by atoms with Gasteiger partial charge in [-0.2, -0.15) is 0 Å². The number of allylic oxidation sites excluding steroid dienone is 1. The quantitative estimate of drug-likeness (QED) is 0.475. The number of hydrogen-bond acceptors (Lipinski definition) is 2. The monoisotopic (exact) mass is 269 g/mol. The first-order chi connectivity index (χ1) is 8.35. The molecule has 0 aliphatic rings. The maximum Gasteiger partial charge on any atom is 0.673 e. The van der Waals surface area contributed by atoms with Crippen molar-refractivity contribution in [2.24, 2.45) is 0 Å². The summed E-state index contributed by atoms with van der Waals surface area (Å²) in [6.07, 6.45) is 7.26. The standard InChI is InChI=1S/C6H8N2.C4H10O.BF4/c1-2-4-8-5-3-7-6-8;1-3-5-4-2;2-1(3,4)5/h2-3,5-6H,1,4H2;3-4H2,1-2H3;/q;;-1. The summed E-state index contributed by atoms with van der Waals surface area (Å²) in [4.78, 5) is 3.86. The van der Waals surface area contributed by atoms with Gasteiger partial charge in [0.25, 0.3) is 0 Å². The van der Waals surface area contributed by atoms with E-state index in [0.717, 1.165) is 19.8 Å². The molecule has 0 spiro atoms. The highest BCUT2D eigenvalue weighted by Gasteiger charge is 2.20. The molecule has 1 rings (SSSR count). The Morgan fingerprint density at radius 3 is 2.00 bits per heavy atom. The summed E-state index contributed by atoms with van der Waals surface area (Å²) in [6.45, 7) is 10.1. The molecule has 3 nitrogen and oxygen atoms in total. The summed E-state index contributed by atoms with van der Waals surface area (Å²) in [5, 5.41) is 0. The van der Waals surface area contributed by atoms with Crippen LogP contribution in [-0.2, 0) is 11.3 Å². The molecule has 1 aromatic heterocycles. The molecule has 0 unspecified atom stereocenters. The maximum absolute atomic E-state index is 9.75. The summed E-state index contributed by atoms with van der Waals surface area (Å²) < 4.78 is 45.8. The Balaban J connectivity index is 0. The van der Waals surface area contributed by atoms with Crippen LogP contribution in [0.15, 0.2) is 31.4 Å². The second-order valence-corrected chi connectivity index (χ2v) is 2.82. The average molecular weight is 269 g/mol. The predicted octanol–water partition coefficient (Wildman–Crippen LogP) is 3.41. The molecule has 1 aromatic rings. The van der Waals surface area contributed by atoms with Crippen molar-refractivity contribution in [2.75, 3.05) is 13.2 Å². The van der Waals surface area contributed by atoms with Crippen molar-refractivity contribution in [3.8, 4) is 0 Å². The molecule has 0 saturated heterocycles. The third-order valence-electron chi connectivity index (χ3n) is 1.31. The summed E-state index contributed by atoms with van der Waals surface area (Å²) in [5.74, 6) is 0. The zero-order chi connectivity index (χ0) is 14.4. The van der Waals surface area contributed by atoms with Crippen molar-refractivity contribution in [1.29, 1.82) is 0 Å². The van der Waals surface area contributed by atoms with Gasteiger partial charge >= 0.3 is 7.25 Å². The molecule has 0 aliphatic carbocycles. The van der Waals surface area contributed by atoms with Gasteiger partial charge in [-0.15, -0.1) is 6.58 Å².